The zero-order valence-corrected chi connectivity index (χ0v) is 9.19. The lowest BCUT2D eigenvalue weighted by Gasteiger charge is -2.06. The van der Waals surface area contributed by atoms with Gasteiger partial charge in [0.25, 0.3) is 0 Å². The molecule has 0 bridgehead atoms. The average molecular weight is 236 g/mol. The van der Waals surface area contributed by atoms with Crippen molar-refractivity contribution in [3.05, 3.63) is 29.3 Å². The molecule has 1 heterocycles. The van der Waals surface area contributed by atoms with E-state index in [0.717, 1.165) is 5.56 Å². The Balaban J connectivity index is 2.51. The molecular weight excluding hydrogens is 228 g/mol. The van der Waals surface area contributed by atoms with E-state index in [1.54, 1.807) is 11.6 Å². The first-order chi connectivity index (χ1) is 7.72. The maximum Gasteiger partial charge on any atom is 0.335 e. The van der Waals surface area contributed by atoms with Crippen LogP contribution in [0.3, 0.4) is 0 Å². The number of nitrogens with zero attached hydrogens (tertiary/aromatic N) is 2. The Labute approximate surface area is 95.3 Å². The van der Waals surface area contributed by atoms with E-state index < -0.39 is 5.97 Å². The molecule has 0 unspecified atom stereocenters. The lowest BCUT2D eigenvalue weighted by Crippen LogP contribution is -1.97. The van der Waals surface area contributed by atoms with Crippen LogP contribution < -0.4 is 4.74 Å². The maximum absolute atomic E-state index is 10.8. The summed E-state index contributed by atoms with van der Waals surface area (Å²) in [6, 6.07) is 4.66. The lowest BCUT2D eigenvalue weighted by molar-refractivity contribution is 0.0696. The van der Waals surface area contributed by atoms with Crippen molar-refractivity contribution in [3.63, 3.8) is 0 Å². The average Bonchev–Trinajstić information content (AvgIpc) is 2.81. The van der Waals surface area contributed by atoms with Gasteiger partial charge in [-0.15, -0.1) is 10.2 Å². The van der Waals surface area contributed by atoms with Crippen molar-refractivity contribution in [3.8, 4) is 16.3 Å². The predicted molar refractivity (Wildman–Crippen MR) is 58.9 cm³/mol. The molecule has 16 heavy (non-hydrogen) atoms. The van der Waals surface area contributed by atoms with E-state index in [0.29, 0.717) is 10.8 Å². The molecule has 82 valence electrons. The standard InChI is InChI=1S/C10H8N2O3S/c1-15-8-4-6(10(13)14)2-3-7(8)9-12-11-5-16-9/h2-5H,1H3,(H,13,14). The predicted octanol–water partition coefficient (Wildman–Crippen LogP) is 1.91. The summed E-state index contributed by atoms with van der Waals surface area (Å²) in [5, 5.41) is 17.2. The van der Waals surface area contributed by atoms with Crippen LogP contribution in [0.4, 0.5) is 0 Å². The molecule has 1 aromatic carbocycles. The first-order valence-corrected chi connectivity index (χ1v) is 5.28. The number of ether oxygens (including phenoxy) is 1. The SMILES string of the molecule is COc1cc(C(=O)O)ccc1-c1nncs1. The van der Waals surface area contributed by atoms with Crippen LogP contribution in [-0.4, -0.2) is 28.4 Å². The van der Waals surface area contributed by atoms with Crippen molar-refractivity contribution in [2.45, 2.75) is 0 Å². The summed E-state index contributed by atoms with van der Waals surface area (Å²) in [7, 11) is 1.49. The fourth-order valence-electron chi connectivity index (χ4n) is 1.29. The number of methoxy groups -OCH3 is 1. The summed E-state index contributed by atoms with van der Waals surface area (Å²) in [5.74, 6) is -0.501. The summed E-state index contributed by atoms with van der Waals surface area (Å²) < 4.78 is 5.14. The topological polar surface area (TPSA) is 72.3 Å². The van der Waals surface area contributed by atoms with E-state index >= 15 is 0 Å². The molecular formula is C10H8N2O3S. The second kappa shape index (κ2) is 4.28. The minimum absolute atomic E-state index is 0.185. The maximum atomic E-state index is 10.8. The van der Waals surface area contributed by atoms with Gasteiger partial charge in [-0.05, 0) is 18.2 Å². The van der Waals surface area contributed by atoms with Gasteiger partial charge in [0.05, 0.1) is 18.2 Å². The first-order valence-electron chi connectivity index (χ1n) is 4.40. The van der Waals surface area contributed by atoms with Crippen molar-refractivity contribution >= 4 is 17.3 Å². The summed E-state index contributed by atoms with van der Waals surface area (Å²) in [6.07, 6.45) is 0. The van der Waals surface area contributed by atoms with Gasteiger partial charge in [0.1, 0.15) is 11.3 Å². The van der Waals surface area contributed by atoms with E-state index in [1.807, 2.05) is 0 Å². The number of hydrogen-bond donors (Lipinski definition) is 1. The largest absolute Gasteiger partial charge is 0.496 e. The summed E-state index contributed by atoms with van der Waals surface area (Å²) >= 11 is 1.37. The van der Waals surface area contributed by atoms with Gasteiger partial charge in [-0.1, -0.05) is 11.3 Å². The van der Waals surface area contributed by atoms with E-state index in [1.165, 1.54) is 30.6 Å². The molecule has 2 rings (SSSR count). The van der Waals surface area contributed by atoms with Gasteiger partial charge in [0.2, 0.25) is 0 Å². The highest BCUT2D eigenvalue weighted by molar-refractivity contribution is 7.12. The number of aromatic carboxylic acids is 1. The van der Waals surface area contributed by atoms with Crippen LogP contribution in [0.1, 0.15) is 10.4 Å². The molecule has 1 N–H and O–H groups in total. The first kappa shape index (κ1) is 10.6. The fraction of sp³-hybridized carbons (Fsp3) is 0.100. The Morgan fingerprint density at radius 2 is 2.31 bits per heavy atom. The van der Waals surface area contributed by atoms with Crippen LogP contribution in [0.15, 0.2) is 23.7 Å². The van der Waals surface area contributed by atoms with Crippen LogP contribution in [0.2, 0.25) is 0 Å². The molecule has 5 nitrogen and oxygen atoms in total. The molecule has 0 aliphatic rings. The van der Waals surface area contributed by atoms with E-state index in [2.05, 4.69) is 10.2 Å². The molecule has 0 amide bonds. The van der Waals surface area contributed by atoms with Gasteiger partial charge >= 0.3 is 5.97 Å². The second-order valence-electron chi connectivity index (χ2n) is 2.96. The highest BCUT2D eigenvalue weighted by Crippen LogP contribution is 2.31. The second-order valence-corrected chi connectivity index (χ2v) is 3.80. The third-order valence-electron chi connectivity index (χ3n) is 2.04. The van der Waals surface area contributed by atoms with Crippen molar-refractivity contribution in [2.75, 3.05) is 7.11 Å². The van der Waals surface area contributed by atoms with Crippen LogP contribution >= 0.6 is 11.3 Å². The lowest BCUT2D eigenvalue weighted by atomic mass is 10.1. The smallest absolute Gasteiger partial charge is 0.335 e. The van der Waals surface area contributed by atoms with Crippen LogP contribution in [0, 0.1) is 0 Å². The van der Waals surface area contributed by atoms with Gasteiger partial charge < -0.3 is 9.84 Å². The normalized spacial score (nSPS) is 10.1. The number of aromatic nitrogens is 2. The Kier molecular flexibility index (Phi) is 2.82. The van der Waals surface area contributed by atoms with Gasteiger partial charge in [-0.3, -0.25) is 0 Å². The van der Waals surface area contributed by atoms with Crippen molar-refractivity contribution in [1.82, 2.24) is 10.2 Å². The summed E-state index contributed by atoms with van der Waals surface area (Å²) in [4.78, 5) is 10.8. The number of rotatable bonds is 3. The highest BCUT2D eigenvalue weighted by Gasteiger charge is 2.12. The number of hydrogen-bond acceptors (Lipinski definition) is 5. The Hall–Kier alpha value is -1.95. The molecule has 0 aliphatic carbocycles. The third kappa shape index (κ3) is 1.87. The molecule has 2 aromatic rings. The van der Waals surface area contributed by atoms with Gasteiger partial charge in [0, 0.05) is 0 Å². The van der Waals surface area contributed by atoms with Crippen molar-refractivity contribution in [1.29, 1.82) is 0 Å². The molecule has 0 spiro atoms. The molecule has 6 heteroatoms. The summed E-state index contributed by atoms with van der Waals surface area (Å²) in [6.45, 7) is 0. The van der Waals surface area contributed by atoms with Crippen LogP contribution in [0.25, 0.3) is 10.6 Å². The van der Waals surface area contributed by atoms with Crippen LogP contribution in [-0.2, 0) is 0 Å². The Bertz CT molecular complexity index is 511. The van der Waals surface area contributed by atoms with Gasteiger partial charge in [-0.2, -0.15) is 0 Å². The molecule has 0 saturated carbocycles. The van der Waals surface area contributed by atoms with E-state index in [9.17, 15) is 4.79 Å². The molecule has 0 saturated heterocycles. The van der Waals surface area contributed by atoms with Crippen molar-refractivity contribution in [2.24, 2.45) is 0 Å². The Morgan fingerprint density at radius 1 is 1.50 bits per heavy atom. The zero-order valence-electron chi connectivity index (χ0n) is 8.38. The molecule has 0 radical (unpaired) electrons. The number of benzene rings is 1. The highest BCUT2D eigenvalue weighted by atomic mass is 32.1. The zero-order chi connectivity index (χ0) is 11.5. The monoisotopic (exact) mass is 236 g/mol. The molecule has 0 atom stereocenters. The van der Waals surface area contributed by atoms with E-state index in [4.69, 9.17) is 9.84 Å². The minimum atomic E-state index is -0.984. The summed E-state index contributed by atoms with van der Waals surface area (Å²) in [5.41, 5.74) is 2.54. The quantitative estimate of drug-likeness (QED) is 0.881. The van der Waals surface area contributed by atoms with Gasteiger partial charge in [-0.25, -0.2) is 4.79 Å². The van der Waals surface area contributed by atoms with Gasteiger partial charge in [0.15, 0.2) is 5.01 Å². The van der Waals surface area contributed by atoms with Crippen LogP contribution in [0.5, 0.6) is 5.75 Å². The molecule has 0 fully saturated rings. The number of carbonyl (C=O) groups is 1. The number of carboxylic acids is 1. The molecule has 1 aromatic heterocycles. The Morgan fingerprint density at radius 3 is 2.88 bits per heavy atom. The number of carboxylic acid groups (broad SMARTS) is 1. The third-order valence-corrected chi connectivity index (χ3v) is 2.76. The molecule has 0 aliphatic heterocycles. The van der Waals surface area contributed by atoms with Crippen molar-refractivity contribution < 1.29 is 14.6 Å². The van der Waals surface area contributed by atoms with E-state index in [-0.39, 0.29) is 5.56 Å². The minimum Gasteiger partial charge on any atom is -0.496 e. The fourth-order valence-corrected chi connectivity index (χ4v) is 1.88.